The van der Waals surface area contributed by atoms with E-state index in [1.165, 1.54) is 0 Å². The smallest absolute Gasteiger partial charge is 0.137 e. The van der Waals surface area contributed by atoms with E-state index < -0.39 is 0 Å². The van der Waals surface area contributed by atoms with Gasteiger partial charge in [-0.25, -0.2) is 0 Å². The summed E-state index contributed by atoms with van der Waals surface area (Å²) in [6.45, 7) is 7.56. The Bertz CT molecular complexity index is 1550. The third-order valence-corrected chi connectivity index (χ3v) is 7.08. The van der Waals surface area contributed by atoms with Gasteiger partial charge < -0.3 is 18.9 Å². The zero-order valence-electron chi connectivity index (χ0n) is 22.6. The molecule has 0 unspecified atom stereocenters. The molecule has 0 fully saturated rings. The molecule has 6 rings (SSSR count). The number of benzene rings is 4. The molecule has 4 aromatic carbocycles. The van der Waals surface area contributed by atoms with Gasteiger partial charge in [-0.05, 0) is 74.4 Å². The summed E-state index contributed by atoms with van der Waals surface area (Å²) < 4.78 is 25.3. The quantitative estimate of drug-likeness (QED) is 0.248. The van der Waals surface area contributed by atoms with Gasteiger partial charge in [0.1, 0.15) is 48.4 Å². The highest BCUT2D eigenvalue weighted by Gasteiger charge is 2.27. The van der Waals surface area contributed by atoms with Crippen molar-refractivity contribution < 1.29 is 18.9 Å². The summed E-state index contributed by atoms with van der Waals surface area (Å²) in [6.07, 6.45) is 6.38. The molecule has 0 spiro atoms. The maximum Gasteiger partial charge on any atom is 0.137 e. The van der Waals surface area contributed by atoms with Gasteiger partial charge in [0.2, 0.25) is 0 Å². The van der Waals surface area contributed by atoms with Crippen LogP contribution >= 0.6 is 0 Å². The molecule has 0 saturated carbocycles. The Hall–Kier alpha value is -4.44. The van der Waals surface area contributed by atoms with Crippen molar-refractivity contribution >= 4 is 17.7 Å². The van der Waals surface area contributed by atoms with Crippen LogP contribution in [-0.4, -0.2) is 12.2 Å². The second-order valence-corrected chi connectivity index (χ2v) is 10.5. The predicted molar refractivity (Wildman–Crippen MR) is 156 cm³/mol. The van der Waals surface area contributed by atoms with Gasteiger partial charge in [-0.3, -0.25) is 0 Å². The molecule has 0 N–H and O–H groups in total. The topological polar surface area (TPSA) is 36.9 Å². The molecule has 4 heteroatoms. The third-order valence-electron chi connectivity index (χ3n) is 7.08. The summed E-state index contributed by atoms with van der Waals surface area (Å²) in [7, 11) is 0. The highest BCUT2D eigenvalue weighted by molar-refractivity contribution is 5.90. The van der Waals surface area contributed by atoms with Crippen molar-refractivity contribution in [3.05, 3.63) is 124 Å². The van der Waals surface area contributed by atoms with E-state index in [0.29, 0.717) is 19.8 Å². The number of hydrogen-bond donors (Lipinski definition) is 0. The van der Waals surface area contributed by atoms with Crippen molar-refractivity contribution in [2.75, 3.05) is 6.61 Å². The third kappa shape index (κ3) is 5.28. The fourth-order valence-corrected chi connectivity index (χ4v) is 4.99. The van der Waals surface area contributed by atoms with Crippen LogP contribution in [-0.2, 0) is 13.2 Å². The summed E-state index contributed by atoms with van der Waals surface area (Å²) in [6, 6.07) is 28.6. The highest BCUT2D eigenvalue weighted by atomic mass is 16.5. The lowest BCUT2D eigenvalue weighted by Crippen LogP contribution is -2.27. The maximum atomic E-state index is 6.49. The Balaban J connectivity index is 1.34. The molecule has 0 bridgehead atoms. The molecule has 0 aromatic heterocycles. The first-order valence-corrected chi connectivity index (χ1v) is 13.3. The van der Waals surface area contributed by atoms with E-state index in [4.69, 9.17) is 18.9 Å². The molecule has 0 radical (unpaired) electrons. The van der Waals surface area contributed by atoms with Gasteiger partial charge in [0.25, 0.3) is 0 Å². The second-order valence-electron chi connectivity index (χ2n) is 10.5. The molecule has 196 valence electrons. The summed E-state index contributed by atoms with van der Waals surface area (Å²) >= 11 is 0. The van der Waals surface area contributed by atoms with Crippen LogP contribution in [0.25, 0.3) is 17.7 Å². The van der Waals surface area contributed by atoms with Crippen molar-refractivity contribution in [1.29, 1.82) is 0 Å². The minimum atomic E-state index is -0.330. The molecule has 0 aliphatic carbocycles. The summed E-state index contributed by atoms with van der Waals surface area (Å²) in [5.41, 5.74) is 6.95. The van der Waals surface area contributed by atoms with E-state index in [9.17, 15) is 0 Å². The second kappa shape index (κ2) is 10.4. The maximum absolute atomic E-state index is 6.49. The zero-order chi connectivity index (χ0) is 26.8. The highest BCUT2D eigenvalue weighted by Crippen LogP contribution is 2.44. The van der Waals surface area contributed by atoms with E-state index in [2.05, 4.69) is 75.4 Å². The van der Waals surface area contributed by atoms with Crippen LogP contribution in [0, 0.1) is 6.92 Å². The van der Waals surface area contributed by atoms with E-state index in [1.807, 2.05) is 48.5 Å². The number of hydrogen-bond acceptors (Lipinski definition) is 4. The van der Waals surface area contributed by atoms with Crippen molar-refractivity contribution in [3.63, 3.8) is 0 Å². The van der Waals surface area contributed by atoms with Crippen LogP contribution in [0.2, 0.25) is 0 Å². The van der Waals surface area contributed by atoms with Crippen LogP contribution in [0.15, 0.2) is 91.0 Å². The first-order valence-electron chi connectivity index (χ1n) is 13.3. The molecule has 2 aliphatic rings. The number of fused-ring (bicyclic) bond motifs is 3. The number of ether oxygens (including phenoxy) is 4. The normalized spacial score (nSPS) is 14.8. The predicted octanol–water partition coefficient (Wildman–Crippen LogP) is 8.27. The fraction of sp³-hybridized carbons (Fsp3) is 0.200. The van der Waals surface area contributed by atoms with Crippen molar-refractivity contribution in [1.82, 2.24) is 0 Å². The van der Waals surface area contributed by atoms with Crippen molar-refractivity contribution in [2.24, 2.45) is 0 Å². The molecule has 2 heterocycles. The lowest BCUT2D eigenvalue weighted by molar-refractivity contribution is 0.158. The first kappa shape index (κ1) is 24.9. The Kier molecular flexibility index (Phi) is 6.62. The van der Waals surface area contributed by atoms with E-state index in [-0.39, 0.29) is 5.60 Å². The monoisotopic (exact) mass is 516 g/mol. The fourth-order valence-electron chi connectivity index (χ4n) is 4.99. The largest absolute Gasteiger partial charge is 0.488 e. The van der Waals surface area contributed by atoms with Gasteiger partial charge in [0.05, 0.1) is 5.56 Å². The molecular weight excluding hydrogens is 484 g/mol. The average Bonchev–Trinajstić information content (AvgIpc) is 2.96. The Labute approximate surface area is 230 Å². The van der Waals surface area contributed by atoms with E-state index >= 15 is 0 Å². The Morgan fingerprint density at radius 1 is 0.795 bits per heavy atom. The molecule has 0 amide bonds. The van der Waals surface area contributed by atoms with E-state index in [0.717, 1.165) is 62.0 Å². The molecule has 0 saturated heterocycles. The average molecular weight is 517 g/mol. The van der Waals surface area contributed by atoms with Gasteiger partial charge in [-0.1, -0.05) is 60.7 Å². The molecule has 4 nitrogen and oxygen atoms in total. The van der Waals surface area contributed by atoms with E-state index in [1.54, 1.807) is 0 Å². The lowest BCUT2D eigenvalue weighted by atomic mass is 9.94. The Morgan fingerprint density at radius 3 is 2.21 bits per heavy atom. The lowest BCUT2D eigenvalue weighted by Gasteiger charge is -2.30. The van der Waals surface area contributed by atoms with Crippen molar-refractivity contribution in [3.8, 4) is 23.0 Å². The molecule has 39 heavy (non-hydrogen) atoms. The first-order chi connectivity index (χ1) is 19.0. The summed E-state index contributed by atoms with van der Waals surface area (Å²) in [4.78, 5) is 0. The van der Waals surface area contributed by atoms with Crippen LogP contribution in [0.5, 0.6) is 23.0 Å². The van der Waals surface area contributed by atoms with Gasteiger partial charge in [-0.2, -0.15) is 0 Å². The Morgan fingerprint density at radius 2 is 1.49 bits per heavy atom. The number of rotatable bonds is 7. The van der Waals surface area contributed by atoms with Gasteiger partial charge in [0, 0.05) is 22.3 Å². The van der Waals surface area contributed by atoms with Gasteiger partial charge >= 0.3 is 0 Å². The molecule has 0 atom stereocenters. The molecular formula is C35H32O4. The van der Waals surface area contributed by atoms with Crippen LogP contribution in [0.3, 0.4) is 0 Å². The minimum absolute atomic E-state index is 0.330. The van der Waals surface area contributed by atoms with Crippen LogP contribution < -0.4 is 18.9 Å². The summed E-state index contributed by atoms with van der Waals surface area (Å²) in [5, 5.41) is 0. The van der Waals surface area contributed by atoms with Crippen LogP contribution in [0.4, 0.5) is 0 Å². The van der Waals surface area contributed by atoms with Gasteiger partial charge in [0.15, 0.2) is 0 Å². The SMILES string of the molecule is Cc1c(OCc2ccccc2)ccc(C2=Cc3ccc4c(c3OC2)C=CC(C)(C)O4)c1OCc1ccccc1. The molecule has 2 aliphatic heterocycles. The van der Waals surface area contributed by atoms with Crippen molar-refractivity contribution in [2.45, 2.75) is 39.6 Å². The summed E-state index contributed by atoms with van der Waals surface area (Å²) in [5.74, 6) is 3.32. The van der Waals surface area contributed by atoms with Crippen LogP contribution in [0.1, 0.15) is 47.2 Å². The van der Waals surface area contributed by atoms with Gasteiger partial charge in [-0.15, -0.1) is 0 Å². The molecule has 4 aromatic rings. The minimum Gasteiger partial charge on any atom is -0.488 e. The zero-order valence-corrected chi connectivity index (χ0v) is 22.6. The standard InChI is InChI=1S/C35H32O4/c1-24-31(36-21-25-10-6-4-7-11-25)17-15-29(33(24)37-22-26-12-8-5-9-13-26)28-20-27-14-16-32-30(34(27)38-23-28)18-19-35(2,3)39-32/h4-20H,21-23H2,1-3H3.